The molecule has 2 bridgehead atoms. The Hall–Kier alpha value is -0.770. The lowest BCUT2D eigenvalue weighted by Gasteiger charge is -2.49. The molecule has 1 spiro atoms. The number of hydrogen-bond acceptors (Lipinski definition) is 4. The molecule has 0 aliphatic carbocycles. The van der Waals surface area contributed by atoms with Gasteiger partial charge in [-0.25, -0.2) is 0 Å². The molecule has 4 aliphatic rings. The van der Waals surface area contributed by atoms with E-state index in [1.165, 1.54) is 25.9 Å². The Morgan fingerprint density at radius 2 is 2.29 bits per heavy atom. The maximum Gasteiger partial charge on any atom is 0.229 e. The van der Waals surface area contributed by atoms with Crippen molar-refractivity contribution in [1.29, 1.82) is 0 Å². The van der Waals surface area contributed by atoms with Crippen molar-refractivity contribution in [3.63, 3.8) is 0 Å². The monoisotopic (exact) mass is 238 g/mol. The number of nitrogens with zero attached hydrogens (tertiary/aromatic N) is 2. The third-order valence-electron chi connectivity index (χ3n) is 4.37. The second kappa shape index (κ2) is 4.48. The Morgan fingerprint density at radius 3 is 2.94 bits per heavy atom. The highest BCUT2D eigenvalue weighted by Crippen LogP contribution is 2.43. The smallest absolute Gasteiger partial charge is 0.229 e. The van der Waals surface area contributed by atoms with Gasteiger partial charge < -0.3 is 9.57 Å². The Kier molecular flexibility index (Phi) is 2.99. The lowest BCUT2D eigenvalue weighted by atomic mass is 9.74. The van der Waals surface area contributed by atoms with Crippen molar-refractivity contribution in [3.05, 3.63) is 0 Å². The molecule has 3 fully saturated rings. The van der Waals surface area contributed by atoms with Gasteiger partial charge in [-0.05, 0) is 32.4 Å². The fraction of sp³-hybridized carbons (Fsp3) is 0.923. The van der Waals surface area contributed by atoms with Crippen molar-refractivity contribution in [2.45, 2.75) is 44.6 Å². The Bertz CT molecular complexity index is 311. The van der Waals surface area contributed by atoms with Gasteiger partial charge in [0, 0.05) is 12.5 Å². The fourth-order valence-electron chi connectivity index (χ4n) is 3.30. The van der Waals surface area contributed by atoms with Crippen molar-refractivity contribution >= 4 is 5.90 Å². The number of fused-ring (bicyclic) bond motifs is 2. The highest BCUT2D eigenvalue weighted by Gasteiger charge is 2.52. The van der Waals surface area contributed by atoms with Crippen LogP contribution in [-0.4, -0.2) is 42.6 Å². The van der Waals surface area contributed by atoms with Gasteiger partial charge in [0.2, 0.25) is 5.90 Å². The summed E-state index contributed by atoms with van der Waals surface area (Å²) in [6.45, 7) is 6.47. The van der Waals surface area contributed by atoms with E-state index in [2.05, 4.69) is 17.0 Å². The van der Waals surface area contributed by atoms with Crippen molar-refractivity contribution in [2.24, 2.45) is 11.1 Å². The number of ether oxygens (including phenoxy) is 1. The van der Waals surface area contributed by atoms with Gasteiger partial charge in [-0.15, -0.1) is 0 Å². The van der Waals surface area contributed by atoms with Crippen LogP contribution in [0.2, 0.25) is 0 Å². The summed E-state index contributed by atoms with van der Waals surface area (Å²) in [7, 11) is 0. The molecule has 3 saturated heterocycles. The van der Waals surface area contributed by atoms with Crippen LogP contribution < -0.4 is 0 Å². The Balaban J connectivity index is 1.57. The van der Waals surface area contributed by atoms with E-state index in [0.717, 1.165) is 38.3 Å². The third-order valence-corrected chi connectivity index (χ3v) is 4.37. The average Bonchev–Trinajstić information content (AvgIpc) is 2.74. The van der Waals surface area contributed by atoms with Crippen molar-refractivity contribution in [1.82, 2.24) is 4.90 Å². The van der Waals surface area contributed by atoms with Gasteiger partial charge in [-0.3, -0.25) is 4.90 Å². The predicted molar refractivity (Wildman–Crippen MR) is 65.9 cm³/mol. The zero-order valence-electron chi connectivity index (χ0n) is 10.7. The second-order valence-corrected chi connectivity index (χ2v) is 5.57. The van der Waals surface area contributed by atoms with Gasteiger partial charge in [0.1, 0.15) is 0 Å². The summed E-state index contributed by atoms with van der Waals surface area (Å²) in [6.07, 6.45) is 5.67. The first kappa shape index (κ1) is 11.3. The van der Waals surface area contributed by atoms with E-state index in [4.69, 9.17) is 9.57 Å². The minimum atomic E-state index is -0.0436. The van der Waals surface area contributed by atoms with Crippen LogP contribution in [0.1, 0.15) is 39.0 Å². The molecule has 0 N–H and O–H groups in total. The molecule has 17 heavy (non-hydrogen) atoms. The molecule has 4 heterocycles. The van der Waals surface area contributed by atoms with Gasteiger partial charge in [0.15, 0.2) is 5.60 Å². The van der Waals surface area contributed by atoms with E-state index in [1.54, 1.807) is 0 Å². The maximum absolute atomic E-state index is 5.78. The number of rotatable bonds is 3. The quantitative estimate of drug-likeness (QED) is 0.705. The SMILES string of the molecule is CCCCOC1=NOC2(C1)CN1CCC2CC1. The second-order valence-electron chi connectivity index (χ2n) is 5.57. The lowest BCUT2D eigenvalue weighted by Crippen LogP contribution is -2.59. The van der Waals surface area contributed by atoms with Crippen LogP contribution in [0.5, 0.6) is 0 Å². The van der Waals surface area contributed by atoms with E-state index in [0.29, 0.717) is 5.92 Å². The molecule has 0 amide bonds. The van der Waals surface area contributed by atoms with Crippen molar-refractivity contribution in [3.8, 4) is 0 Å². The van der Waals surface area contributed by atoms with Gasteiger partial charge in [-0.2, -0.15) is 0 Å². The van der Waals surface area contributed by atoms with Crippen molar-refractivity contribution in [2.75, 3.05) is 26.2 Å². The minimum Gasteiger partial charge on any atom is -0.479 e. The van der Waals surface area contributed by atoms with Crippen molar-refractivity contribution < 1.29 is 9.57 Å². The van der Waals surface area contributed by atoms with E-state index < -0.39 is 0 Å². The summed E-state index contributed by atoms with van der Waals surface area (Å²) in [5.74, 6) is 1.51. The van der Waals surface area contributed by atoms with E-state index in [1.807, 2.05) is 0 Å². The Labute approximate surface area is 103 Å². The number of piperidine rings is 3. The molecule has 4 nitrogen and oxygen atoms in total. The molecule has 4 aliphatic heterocycles. The standard InChI is InChI=1S/C13H22N2O2/c1-2-3-8-16-12-9-13(17-14-12)10-15-6-4-11(13)5-7-15/h11H,2-10H2,1H3. The van der Waals surface area contributed by atoms with Crippen LogP contribution in [0.15, 0.2) is 5.16 Å². The van der Waals surface area contributed by atoms with Gasteiger partial charge >= 0.3 is 0 Å². The maximum atomic E-state index is 5.78. The predicted octanol–water partition coefficient (Wildman–Crippen LogP) is 2.00. The Morgan fingerprint density at radius 1 is 1.47 bits per heavy atom. The molecule has 1 unspecified atom stereocenters. The summed E-state index contributed by atoms with van der Waals surface area (Å²) in [5.41, 5.74) is -0.0436. The van der Waals surface area contributed by atoms with E-state index >= 15 is 0 Å². The van der Waals surface area contributed by atoms with Crippen LogP contribution in [0.4, 0.5) is 0 Å². The summed E-state index contributed by atoms with van der Waals surface area (Å²) in [6, 6.07) is 0. The highest BCUT2D eigenvalue weighted by molar-refractivity contribution is 5.78. The lowest BCUT2D eigenvalue weighted by molar-refractivity contribution is -0.136. The first-order valence-electron chi connectivity index (χ1n) is 6.92. The zero-order valence-corrected chi connectivity index (χ0v) is 10.7. The first-order chi connectivity index (χ1) is 8.32. The summed E-state index contributed by atoms with van der Waals surface area (Å²) < 4.78 is 5.69. The van der Waals surface area contributed by atoms with E-state index in [9.17, 15) is 0 Å². The average molecular weight is 238 g/mol. The molecule has 0 aromatic rings. The summed E-state index contributed by atoms with van der Waals surface area (Å²) >= 11 is 0. The molecule has 4 rings (SSSR count). The topological polar surface area (TPSA) is 34.1 Å². The van der Waals surface area contributed by atoms with Crippen LogP contribution in [0.3, 0.4) is 0 Å². The fourth-order valence-corrected chi connectivity index (χ4v) is 3.30. The summed E-state index contributed by atoms with van der Waals surface area (Å²) in [5, 5.41) is 4.17. The molecule has 4 heteroatoms. The van der Waals surface area contributed by atoms with Crippen LogP contribution >= 0.6 is 0 Å². The zero-order chi connectivity index (χ0) is 11.7. The van der Waals surface area contributed by atoms with Gasteiger partial charge in [-0.1, -0.05) is 18.5 Å². The molecule has 0 saturated carbocycles. The highest BCUT2D eigenvalue weighted by atomic mass is 16.7. The van der Waals surface area contributed by atoms with Crippen LogP contribution in [0, 0.1) is 5.92 Å². The van der Waals surface area contributed by atoms with Crippen LogP contribution in [-0.2, 0) is 9.57 Å². The molecule has 0 aromatic heterocycles. The molecular formula is C13H22N2O2. The molecular weight excluding hydrogens is 216 g/mol. The largest absolute Gasteiger partial charge is 0.479 e. The number of oxime groups is 1. The normalized spacial score (nSPS) is 39.2. The first-order valence-corrected chi connectivity index (χ1v) is 6.92. The molecule has 1 atom stereocenters. The van der Waals surface area contributed by atoms with Crippen LogP contribution in [0.25, 0.3) is 0 Å². The third kappa shape index (κ3) is 2.03. The van der Waals surface area contributed by atoms with E-state index in [-0.39, 0.29) is 5.60 Å². The number of hydrogen-bond donors (Lipinski definition) is 0. The molecule has 96 valence electrons. The minimum absolute atomic E-state index is 0.0436. The van der Waals surface area contributed by atoms with Gasteiger partial charge in [0.05, 0.1) is 13.0 Å². The summed E-state index contributed by atoms with van der Waals surface area (Å²) in [4.78, 5) is 8.28. The van der Waals surface area contributed by atoms with Gasteiger partial charge in [0.25, 0.3) is 0 Å². The number of unbranched alkanes of at least 4 members (excludes halogenated alkanes) is 1. The molecule has 0 radical (unpaired) electrons. The molecule has 0 aromatic carbocycles.